The molecule has 1 amide bonds. The zero-order valence-corrected chi connectivity index (χ0v) is 11.6. The first kappa shape index (κ1) is 13.9. The van der Waals surface area contributed by atoms with Crippen LogP contribution in [0.5, 0.6) is 5.75 Å². The number of nitrogens with two attached hydrogens (primary N) is 1. The standard InChI is InChI=1S/C15H22N2O2/c1-15(2,16)14(19)17-9-7-12(8-10-17)11-3-5-13(18)6-4-11/h3-6,12,18H,7-10,16H2,1-2H3. The van der Waals surface area contributed by atoms with Crippen molar-refractivity contribution in [2.24, 2.45) is 5.73 Å². The summed E-state index contributed by atoms with van der Waals surface area (Å²) in [5, 5.41) is 9.29. The fraction of sp³-hybridized carbons (Fsp3) is 0.533. The molecule has 4 nitrogen and oxygen atoms in total. The topological polar surface area (TPSA) is 66.6 Å². The number of rotatable bonds is 2. The second-order valence-electron chi connectivity index (χ2n) is 5.88. The predicted octanol–water partition coefficient (Wildman–Crippen LogP) is 1.84. The molecule has 1 aromatic carbocycles. The lowest BCUT2D eigenvalue weighted by molar-refractivity contribution is -0.136. The Kier molecular flexibility index (Phi) is 3.80. The van der Waals surface area contributed by atoms with E-state index in [9.17, 15) is 9.90 Å². The molecular formula is C15H22N2O2. The number of likely N-dealkylation sites (tertiary alicyclic amines) is 1. The molecule has 0 aliphatic carbocycles. The molecular weight excluding hydrogens is 240 g/mol. The Labute approximate surface area is 114 Å². The SMILES string of the molecule is CC(C)(N)C(=O)N1CCC(c2ccc(O)cc2)CC1. The molecule has 0 atom stereocenters. The van der Waals surface area contributed by atoms with Gasteiger partial charge in [-0.05, 0) is 50.3 Å². The van der Waals surface area contributed by atoms with E-state index in [2.05, 4.69) is 0 Å². The lowest BCUT2D eigenvalue weighted by Gasteiger charge is -2.35. The summed E-state index contributed by atoms with van der Waals surface area (Å²) in [6.45, 7) is 5.01. The van der Waals surface area contributed by atoms with Crippen LogP contribution in [0.4, 0.5) is 0 Å². The lowest BCUT2D eigenvalue weighted by atomic mass is 9.88. The van der Waals surface area contributed by atoms with Crippen LogP contribution >= 0.6 is 0 Å². The van der Waals surface area contributed by atoms with Crippen LogP contribution in [0, 0.1) is 0 Å². The maximum atomic E-state index is 12.1. The first-order valence-corrected chi connectivity index (χ1v) is 6.75. The van der Waals surface area contributed by atoms with Crippen molar-refractivity contribution in [2.45, 2.75) is 38.1 Å². The fourth-order valence-corrected chi connectivity index (χ4v) is 2.57. The number of nitrogens with zero attached hydrogens (tertiary/aromatic N) is 1. The first-order chi connectivity index (χ1) is 8.88. The molecule has 1 aliphatic heterocycles. The van der Waals surface area contributed by atoms with Crippen molar-refractivity contribution in [2.75, 3.05) is 13.1 Å². The van der Waals surface area contributed by atoms with Crippen LogP contribution in [0.1, 0.15) is 38.2 Å². The van der Waals surface area contributed by atoms with E-state index in [4.69, 9.17) is 5.73 Å². The summed E-state index contributed by atoms with van der Waals surface area (Å²) in [6, 6.07) is 7.36. The number of piperidine rings is 1. The number of phenolic OH excluding ortho intramolecular Hbond substituents is 1. The predicted molar refractivity (Wildman–Crippen MR) is 74.9 cm³/mol. The molecule has 4 heteroatoms. The highest BCUT2D eigenvalue weighted by Gasteiger charge is 2.31. The minimum atomic E-state index is -0.786. The Morgan fingerprint density at radius 1 is 1.26 bits per heavy atom. The van der Waals surface area contributed by atoms with Gasteiger partial charge in [-0.15, -0.1) is 0 Å². The molecule has 1 saturated heterocycles. The molecule has 104 valence electrons. The molecule has 0 unspecified atom stereocenters. The molecule has 3 N–H and O–H groups in total. The third-order valence-corrected chi connectivity index (χ3v) is 3.70. The largest absolute Gasteiger partial charge is 0.508 e. The minimum absolute atomic E-state index is 0.0247. The third kappa shape index (κ3) is 3.26. The van der Waals surface area contributed by atoms with Gasteiger partial charge in [-0.1, -0.05) is 12.1 Å². The van der Waals surface area contributed by atoms with Gasteiger partial charge in [0.1, 0.15) is 5.75 Å². The second kappa shape index (κ2) is 5.21. The van der Waals surface area contributed by atoms with E-state index in [0.29, 0.717) is 11.7 Å². The fourth-order valence-electron chi connectivity index (χ4n) is 2.57. The number of phenols is 1. The lowest BCUT2D eigenvalue weighted by Crippen LogP contribution is -2.53. The molecule has 0 radical (unpaired) electrons. The molecule has 1 aliphatic rings. The van der Waals surface area contributed by atoms with Crippen LogP contribution in [0.25, 0.3) is 0 Å². The number of hydrogen-bond acceptors (Lipinski definition) is 3. The van der Waals surface area contributed by atoms with Gasteiger partial charge >= 0.3 is 0 Å². The Morgan fingerprint density at radius 3 is 2.26 bits per heavy atom. The zero-order chi connectivity index (χ0) is 14.0. The maximum absolute atomic E-state index is 12.1. The summed E-state index contributed by atoms with van der Waals surface area (Å²) in [7, 11) is 0. The van der Waals surface area contributed by atoms with E-state index in [-0.39, 0.29) is 5.91 Å². The molecule has 0 spiro atoms. The van der Waals surface area contributed by atoms with Crippen LogP contribution in [-0.2, 0) is 4.79 Å². The summed E-state index contributed by atoms with van der Waals surface area (Å²) >= 11 is 0. The van der Waals surface area contributed by atoms with Gasteiger partial charge in [0.2, 0.25) is 5.91 Å². The maximum Gasteiger partial charge on any atom is 0.242 e. The number of carbonyl (C=O) groups excluding carboxylic acids is 1. The normalized spacial score (nSPS) is 17.5. The van der Waals surface area contributed by atoms with Crippen molar-refractivity contribution in [3.05, 3.63) is 29.8 Å². The van der Waals surface area contributed by atoms with Crippen LogP contribution < -0.4 is 5.73 Å². The van der Waals surface area contributed by atoms with Crippen molar-refractivity contribution < 1.29 is 9.90 Å². The molecule has 0 saturated carbocycles. The van der Waals surface area contributed by atoms with Crippen molar-refractivity contribution in [1.29, 1.82) is 0 Å². The molecule has 2 rings (SSSR count). The molecule has 1 fully saturated rings. The third-order valence-electron chi connectivity index (χ3n) is 3.70. The van der Waals surface area contributed by atoms with E-state index in [1.165, 1.54) is 5.56 Å². The highest BCUT2D eigenvalue weighted by Crippen LogP contribution is 2.29. The average molecular weight is 262 g/mol. The summed E-state index contributed by atoms with van der Waals surface area (Å²) < 4.78 is 0. The Hall–Kier alpha value is -1.55. The van der Waals surface area contributed by atoms with E-state index in [0.717, 1.165) is 25.9 Å². The number of carbonyl (C=O) groups is 1. The van der Waals surface area contributed by atoms with Gasteiger partial charge in [0.15, 0.2) is 0 Å². The van der Waals surface area contributed by atoms with E-state index in [1.807, 2.05) is 17.0 Å². The Morgan fingerprint density at radius 2 is 1.79 bits per heavy atom. The summed E-state index contributed by atoms with van der Waals surface area (Å²) in [5.74, 6) is 0.781. The number of hydrogen-bond donors (Lipinski definition) is 2. The average Bonchev–Trinajstić information content (AvgIpc) is 2.38. The molecule has 19 heavy (non-hydrogen) atoms. The molecule has 0 aromatic heterocycles. The smallest absolute Gasteiger partial charge is 0.242 e. The van der Waals surface area contributed by atoms with Gasteiger partial charge in [-0.25, -0.2) is 0 Å². The molecule has 1 heterocycles. The summed E-state index contributed by atoms with van der Waals surface area (Å²) in [6.07, 6.45) is 1.90. The monoisotopic (exact) mass is 262 g/mol. The summed E-state index contributed by atoms with van der Waals surface area (Å²) in [5.41, 5.74) is 6.30. The van der Waals surface area contributed by atoms with Gasteiger partial charge in [0, 0.05) is 13.1 Å². The van der Waals surface area contributed by atoms with Gasteiger partial charge in [0.05, 0.1) is 5.54 Å². The Bertz CT molecular complexity index is 440. The number of aromatic hydroxyl groups is 1. The van der Waals surface area contributed by atoms with Gasteiger partial charge in [-0.3, -0.25) is 4.79 Å². The number of amides is 1. The van der Waals surface area contributed by atoms with Crippen molar-refractivity contribution in [1.82, 2.24) is 4.90 Å². The minimum Gasteiger partial charge on any atom is -0.508 e. The highest BCUT2D eigenvalue weighted by atomic mass is 16.3. The van der Waals surface area contributed by atoms with Crippen LogP contribution in [-0.4, -0.2) is 34.5 Å². The van der Waals surface area contributed by atoms with Gasteiger partial charge in [0.25, 0.3) is 0 Å². The second-order valence-corrected chi connectivity index (χ2v) is 5.88. The van der Waals surface area contributed by atoms with Crippen LogP contribution in [0.2, 0.25) is 0 Å². The highest BCUT2D eigenvalue weighted by molar-refractivity contribution is 5.85. The van der Waals surface area contributed by atoms with E-state index >= 15 is 0 Å². The van der Waals surface area contributed by atoms with Crippen molar-refractivity contribution >= 4 is 5.91 Å². The molecule has 0 bridgehead atoms. The van der Waals surface area contributed by atoms with E-state index in [1.54, 1.807) is 26.0 Å². The van der Waals surface area contributed by atoms with Gasteiger partial charge in [-0.2, -0.15) is 0 Å². The van der Waals surface area contributed by atoms with Crippen molar-refractivity contribution in [3.8, 4) is 5.75 Å². The number of benzene rings is 1. The first-order valence-electron chi connectivity index (χ1n) is 6.75. The molecule has 1 aromatic rings. The van der Waals surface area contributed by atoms with Crippen LogP contribution in [0.15, 0.2) is 24.3 Å². The van der Waals surface area contributed by atoms with Crippen LogP contribution in [0.3, 0.4) is 0 Å². The Balaban J connectivity index is 1.96. The van der Waals surface area contributed by atoms with Crippen molar-refractivity contribution in [3.63, 3.8) is 0 Å². The zero-order valence-electron chi connectivity index (χ0n) is 11.6. The van der Waals surface area contributed by atoms with E-state index < -0.39 is 5.54 Å². The van der Waals surface area contributed by atoms with Gasteiger partial charge < -0.3 is 15.7 Å². The summed E-state index contributed by atoms with van der Waals surface area (Å²) in [4.78, 5) is 13.9. The quantitative estimate of drug-likeness (QED) is 0.854.